The Morgan fingerprint density at radius 2 is 1.79 bits per heavy atom. The number of aryl methyl sites for hydroxylation is 1. The van der Waals surface area contributed by atoms with Crippen LogP contribution in [0.25, 0.3) is 0 Å². The molecule has 1 atom stereocenters. The van der Waals surface area contributed by atoms with Crippen LogP contribution in [0.2, 0.25) is 0 Å². The topological polar surface area (TPSA) is 40.6 Å². The molecule has 33 heavy (non-hydrogen) atoms. The third-order valence-electron chi connectivity index (χ3n) is 6.64. The van der Waals surface area contributed by atoms with Crippen molar-refractivity contribution in [3.8, 4) is 0 Å². The van der Waals surface area contributed by atoms with Crippen molar-refractivity contribution >= 4 is 23.2 Å². The van der Waals surface area contributed by atoms with Crippen LogP contribution in [0, 0.1) is 5.82 Å². The monoisotopic (exact) mass is 462 g/mol. The van der Waals surface area contributed by atoms with Crippen LogP contribution >= 0.6 is 11.3 Å². The Labute approximate surface area is 197 Å². The van der Waals surface area contributed by atoms with Crippen LogP contribution in [-0.2, 0) is 17.6 Å². The van der Waals surface area contributed by atoms with E-state index < -0.39 is 0 Å². The van der Waals surface area contributed by atoms with Gasteiger partial charge >= 0.3 is 0 Å². The maximum Gasteiger partial charge on any atom is 0.254 e. The van der Waals surface area contributed by atoms with E-state index in [0.717, 1.165) is 36.8 Å². The average Bonchev–Trinajstić information content (AvgIpc) is 3.57. The van der Waals surface area contributed by atoms with E-state index in [2.05, 4.69) is 18.4 Å². The number of nitrogens with zero attached hydrogens (tertiary/aromatic N) is 2. The second-order valence-electron chi connectivity index (χ2n) is 8.81. The number of hydrogen-bond donors (Lipinski definition) is 0. The number of carbonyl (C=O) groups excluding carboxylic acids is 2. The second kappa shape index (κ2) is 9.10. The van der Waals surface area contributed by atoms with Crippen LogP contribution in [0.4, 0.5) is 4.39 Å². The van der Waals surface area contributed by atoms with Gasteiger partial charge in [0, 0.05) is 23.0 Å². The number of benzene rings is 2. The van der Waals surface area contributed by atoms with Crippen molar-refractivity contribution in [1.29, 1.82) is 0 Å². The van der Waals surface area contributed by atoms with Crippen molar-refractivity contribution in [1.82, 2.24) is 9.80 Å². The molecular weight excluding hydrogens is 435 g/mol. The van der Waals surface area contributed by atoms with Gasteiger partial charge in [0.2, 0.25) is 5.91 Å². The van der Waals surface area contributed by atoms with Gasteiger partial charge in [0.15, 0.2) is 0 Å². The highest BCUT2D eigenvalue weighted by atomic mass is 32.1. The minimum absolute atomic E-state index is 0.0633. The highest BCUT2D eigenvalue weighted by Crippen LogP contribution is 2.38. The predicted octanol–water partition coefficient (Wildman–Crippen LogP) is 5.23. The molecule has 4 nitrogen and oxygen atoms in total. The average molecular weight is 463 g/mol. The minimum Gasteiger partial charge on any atom is -0.330 e. The van der Waals surface area contributed by atoms with Gasteiger partial charge in [-0.2, -0.15) is 0 Å². The van der Waals surface area contributed by atoms with Crippen molar-refractivity contribution in [2.45, 2.75) is 44.7 Å². The van der Waals surface area contributed by atoms with Gasteiger partial charge in [0.25, 0.3) is 5.91 Å². The molecule has 170 valence electrons. The molecule has 2 heterocycles. The number of carbonyl (C=O) groups is 2. The Kier molecular flexibility index (Phi) is 6.02. The number of thiophene rings is 1. The molecule has 2 amide bonds. The summed E-state index contributed by atoms with van der Waals surface area (Å²) in [6.45, 7) is 2.74. The SMILES string of the molecule is CCc1ccc(C(=O)N(CC(=O)N2CCc3sccc3C2c2ccc(F)cc2)C2CC2)cc1. The number of amides is 2. The summed E-state index contributed by atoms with van der Waals surface area (Å²) in [5.41, 5.74) is 3.80. The first kappa shape index (κ1) is 21.8. The zero-order valence-electron chi connectivity index (χ0n) is 18.7. The van der Waals surface area contributed by atoms with E-state index in [1.54, 1.807) is 28.4 Å². The zero-order chi connectivity index (χ0) is 22.9. The predicted molar refractivity (Wildman–Crippen MR) is 128 cm³/mol. The van der Waals surface area contributed by atoms with E-state index in [0.29, 0.717) is 12.1 Å². The molecule has 6 heteroatoms. The minimum atomic E-state index is -0.294. The number of hydrogen-bond acceptors (Lipinski definition) is 3. The van der Waals surface area contributed by atoms with E-state index in [1.807, 2.05) is 29.2 Å². The summed E-state index contributed by atoms with van der Waals surface area (Å²) in [4.78, 5) is 31.8. The third-order valence-corrected chi connectivity index (χ3v) is 7.63. The summed E-state index contributed by atoms with van der Waals surface area (Å²) in [6, 6.07) is 16.0. The van der Waals surface area contributed by atoms with Gasteiger partial charge in [0.1, 0.15) is 12.4 Å². The first-order chi connectivity index (χ1) is 16.0. The molecule has 1 aromatic heterocycles. The molecular formula is C27H27FN2O2S. The Morgan fingerprint density at radius 3 is 2.45 bits per heavy atom. The van der Waals surface area contributed by atoms with Crippen molar-refractivity contribution in [3.05, 3.63) is 92.9 Å². The fourth-order valence-electron chi connectivity index (χ4n) is 4.63. The van der Waals surface area contributed by atoms with Gasteiger partial charge in [-0.05, 0) is 78.1 Å². The summed E-state index contributed by atoms with van der Waals surface area (Å²) in [5, 5.41) is 2.05. The fourth-order valence-corrected chi connectivity index (χ4v) is 5.53. The van der Waals surface area contributed by atoms with Crippen molar-refractivity contribution in [2.24, 2.45) is 0 Å². The first-order valence-corrected chi connectivity index (χ1v) is 12.4. The van der Waals surface area contributed by atoms with Gasteiger partial charge < -0.3 is 9.80 Å². The Balaban J connectivity index is 1.40. The molecule has 0 spiro atoms. The lowest BCUT2D eigenvalue weighted by Gasteiger charge is -2.37. The molecule has 1 unspecified atom stereocenters. The molecule has 0 bridgehead atoms. The molecule has 2 aromatic carbocycles. The van der Waals surface area contributed by atoms with E-state index >= 15 is 0 Å². The van der Waals surface area contributed by atoms with E-state index in [9.17, 15) is 14.0 Å². The molecule has 0 saturated heterocycles. The first-order valence-electron chi connectivity index (χ1n) is 11.6. The largest absolute Gasteiger partial charge is 0.330 e. The number of halogens is 1. The summed E-state index contributed by atoms with van der Waals surface area (Å²) in [6.07, 6.45) is 3.58. The maximum absolute atomic E-state index is 13.6. The number of fused-ring (bicyclic) bond motifs is 1. The highest BCUT2D eigenvalue weighted by molar-refractivity contribution is 7.10. The third kappa shape index (κ3) is 4.44. The zero-order valence-corrected chi connectivity index (χ0v) is 19.5. The van der Waals surface area contributed by atoms with Crippen LogP contribution in [-0.4, -0.2) is 40.7 Å². The summed E-state index contributed by atoms with van der Waals surface area (Å²) in [5.74, 6) is -0.441. The van der Waals surface area contributed by atoms with E-state index in [-0.39, 0.29) is 36.3 Å². The Bertz CT molecular complexity index is 1150. The van der Waals surface area contributed by atoms with Crippen molar-refractivity contribution in [3.63, 3.8) is 0 Å². The van der Waals surface area contributed by atoms with E-state index in [1.165, 1.54) is 22.6 Å². The lowest BCUT2D eigenvalue weighted by molar-refractivity contribution is -0.134. The smallest absolute Gasteiger partial charge is 0.254 e. The normalized spacial score (nSPS) is 17.5. The van der Waals surface area contributed by atoms with Crippen LogP contribution in [0.1, 0.15) is 57.7 Å². The lowest BCUT2D eigenvalue weighted by atomic mass is 9.93. The molecule has 2 aliphatic rings. The molecule has 1 aliphatic carbocycles. The summed E-state index contributed by atoms with van der Waals surface area (Å²) < 4.78 is 13.6. The quantitative estimate of drug-likeness (QED) is 0.503. The van der Waals surface area contributed by atoms with Gasteiger partial charge in [-0.25, -0.2) is 4.39 Å². The second-order valence-corrected chi connectivity index (χ2v) is 9.81. The van der Waals surface area contributed by atoms with Crippen LogP contribution in [0.5, 0.6) is 0 Å². The molecule has 5 rings (SSSR count). The van der Waals surface area contributed by atoms with Crippen molar-refractivity contribution < 1.29 is 14.0 Å². The van der Waals surface area contributed by atoms with Crippen LogP contribution in [0.3, 0.4) is 0 Å². The summed E-state index contributed by atoms with van der Waals surface area (Å²) >= 11 is 1.70. The van der Waals surface area contributed by atoms with Gasteiger partial charge in [0.05, 0.1) is 6.04 Å². The summed E-state index contributed by atoms with van der Waals surface area (Å²) in [7, 11) is 0. The Hall–Kier alpha value is -2.99. The van der Waals surface area contributed by atoms with Crippen molar-refractivity contribution in [2.75, 3.05) is 13.1 Å². The molecule has 1 aliphatic heterocycles. The molecule has 0 radical (unpaired) electrons. The lowest BCUT2D eigenvalue weighted by Crippen LogP contribution is -2.47. The maximum atomic E-state index is 13.6. The number of rotatable bonds is 6. The molecule has 3 aromatic rings. The molecule has 1 saturated carbocycles. The fraction of sp³-hybridized carbons (Fsp3) is 0.333. The highest BCUT2D eigenvalue weighted by Gasteiger charge is 2.38. The standard InChI is InChI=1S/C27H27FN2O2S/c1-2-18-3-5-20(6-4-18)27(32)30(22-11-12-22)17-25(31)29-15-13-24-23(14-16-33-24)26(29)19-7-9-21(28)10-8-19/h3-10,14,16,22,26H,2,11-13,15,17H2,1H3. The Morgan fingerprint density at radius 1 is 1.06 bits per heavy atom. The molecule has 1 fully saturated rings. The van der Waals surface area contributed by atoms with Crippen LogP contribution in [0.15, 0.2) is 60.0 Å². The van der Waals surface area contributed by atoms with Gasteiger partial charge in [-0.1, -0.05) is 31.2 Å². The van der Waals surface area contributed by atoms with E-state index in [4.69, 9.17) is 0 Å². The molecule has 0 N–H and O–H groups in total. The van der Waals surface area contributed by atoms with Gasteiger partial charge in [-0.3, -0.25) is 9.59 Å². The van der Waals surface area contributed by atoms with Crippen LogP contribution < -0.4 is 0 Å². The van der Waals surface area contributed by atoms with Gasteiger partial charge in [-0.15, -0.1) is 11.3 Å².